The number of nitrogens with zero attached hydrogens (tertiary/aromatic N) is 8. The van der Waals surface area contributed by atoms with Crippen molar-refractivity contribution in [3.8, 4) is 45.6 Å². The number of carbonyl (C=O) groups excluding carboxylic acids is 4. The number of hydrogen-bond donors (Lipinski definition) is 0. The fourth-order valence-electron chi connectivity index (χ4n) is 11.7. The van der Waals surface area contributed by atoms with Gasteiger partial charge in [-0.05, 0) is 147 Å². The van der Waals surface area contributed by atoms with Crippen molar-refractivity contribution in [2.75, 3.05) is 26.4 Å². The third kappa shape index (κ3) is 18.4. The second-order valence-corrected chi connectivity index (χ2v) is 23.4. The summed E-state index contributed by atoms with van der Waals surface area (Å²) in [4.78, 5) is 94.0. The Morgan fingerprint density at radius 2 is 0.640 bits per heavy atom. The molecule has 0 atom stereocenters. The Hall–Kier alpha value is -7.26. The molecule has 9 rings (SSSR count). The number of esters is 4. The molecule has 89 heavy (non-hydrogen) atoms. The molecule has 8 bridgehead atoms. The first-order chi connectivity index (χ1) is 43.2. The zero-order valence-corrected chi connectivity index (χ0v) is 56.1. The number of unbranched alkanes of at least 4 members (excludes halogenated alkanes) is 12. The van der Waals surface area contributed by atoms with Gasteiger partial charge in [-0.15, -0.1) is 0 Å². The van der Waals surface area contributed by atoms with Crippen LogP contribution in [0.1, 0.15) is 204 Å². The molecule has 0 aliphatic carbocycles. The second-order valence-electron chi connectivity index (χ2n) is 23.4. The number of carbonyl (C=O) groups is 4. The number of aryl methyl sites for hydroxylation is 4. The molecule has 0 radical (unpaired) electrons. The van der Waals surface area contributed by atoms with Gasteiger partial charge in [0, 0.05) is 70.5 Å². The van der Waals surface area contributed by atoms with Crippen LogP contribution < -0.4 is 9.97 Å². The zero-order chi connectivity index (χ0) is 61.5. The van der Waals surface area contributed by atoms with E-state index in [-0.39, 0.29) is 43.4 Å². The predicted molar refractivity (Wildman–Crippen MR) is 346 cm³/mol. The van der Waals surface area contributed by atoms with E-state index in [0.29, 0.717) is 149 Å². The summed E-state index contributed by atoms with van der Waals surface area (Å²) in [5.74, 6) is 1.10. The molecule has 3 aromatic heterocycles. The smallest absolute Gasteiger partial charge is 0.466 e. The number of ether oxygens (including phenoxy) is 4. The molecule has 0 fully saturated rings. The molecule has 0 amide bonds. The molecule has 7 aromatic rings. The second kappa shape index (κ2) is 35.2. The van der Waals surface area contributed by atoms with Gasteiger partial charge in [0.2, 0.25) is 0 Å². The molecule has 0 saturated heterocycles. The molecular formula is C72H88N8O8Zn. The Kier molecular flexibility index (Phi) is 26.8. The first-order valence-corrected chi connectivity index (χ1v) is 33.0. The van der Waals surface area contributed by atoms with Crippen molar-refractivity contribution in [1.29, 1.82) is 0 Å². The maximum Gasteiger partial charge on any atom is 2.00 e. The van der Waals surface area contributed by atoms with Crippen LogP contribution in [0.3, 0.4) is 0 Å². The van der Waals surface area contributed by atoms with Crippen LogP contribution in [0.5, 0.6) is 0 Å². The molecule has 0 saturated carbocycles. The third-order valence-electron chi connectivity index (χ3n) is 16.5. The van der Waals surface area contributed by atoms with Gasteiger partial charge in [-0.2, -0.15) is 0 Å². The largest absolute Gasteiger partial charge is 2.00 e. The first kappa shape index (κ1) is 67.7. The summed E-state index contributed by atoms with van der Waals surface area (Å²) < 4.78 is 22.2. The summed E-state index contributed by atoms with van der Waals surface area (Å²) in [6, 6.07) is 24.6. The maximum atomic E-state index is 12.8. The van der Waals surface area contributed by atoms with Crippen LogP contribution in [-0.4, -0.2) is 80.2 Å². The summed E-state index contributed by atoms with van der Waals surface area (Å²) >= 11 is 0. The number of rotatable bonds is 36. The van der Waals surface area contributed by atoms with Crippen molar-refractivity contribution in [2.24, 2.45) is 0 Å². The molecule has 466 valence electrons. The van der Waals surface area contributed by atoms with E-state index in [1.54, 1.807) is 0 Å². The van der Waals surface area contributed by atoms with Gasteiger partial charge < -0.3 is 48.9 Å². The average molecular weight is 1260 g/mol. The summed E-state index contributed by atoms with van der Waals surface area (Å²) in [5, 5.41) is 3.28. The molecule has 17 heteroatoms. The van der Waals surface area contributed by atoms with Gasteiger partial charge in [0.1, 0.15) is 0 Å². The molecule has 2 aliphatic heterocycles. The SMILES string of the molecule is CCCCCOC(=O)CCCCc1cccc2c1-c1nc-2nc2[n-]c(nc3nc(nc4[n-]c(n1)c1cccc(CCCCC(=O)OCCCCC)c41)-c1c(CCCCC(=O)OCCCCC)cccc1-3)c1c(CCCCC(=O)OCCCCC)cccc21.[Zn+2]. The summed E-state index contributed by atoms with van der Waals surface area (Å²) in [6.07, 6.45) is 21.3. The number of hydrogen-bond acceptors (Lipinski definition) is 14. The van der Waals surface area contributed by atoms with Crippen LogP contribution in [0.2, 0.25) is 0 Å². The van der Waals surface area contributed by atoms with Gasteiger partial charge in [-0.25, -0.2) is 9.97 Å². The topological polar surface area (TPSA) is 211 Å². The van der Waals surface area contributed by atoms with Crippen LogP contribution in [-0.2, 0) is 83.3 Å². The van der Waals surface area contributed by atoms with E-state index in [4.69, 9.17) is 58.8 Å². The van der Waals surface area contributed by atoms with Gasteiger partial charge in [0.15, 0.2) is 0 Å². The van der Waals surface area contributed by atoms with E-state index in [0.717, 1.165) is 169 Å². The maximum absolute atomic E-state index is 12.8. The number of aromatic nitrogens is 8. The monoisotopic (exact) mass is 1260 g/mol. The zero-order valence-electron chi connectivity index (χ0n) is 53.1. The average Bonchev–Trinajstić information content (AvgIpc) is 2.01. The summed E-state index contributed by atoms with van der Waals surface area (Å²) in [6.45, 7) is 10.3. The standard InChI is InChI=1S/C72H88N8O8.Zn/c1-5-9-21-45-85-57(81)41-17-13-29-49-33-25-37-53-61(49)69-74-65(53)73-66-54-38-26-34-50(30-14-18-42-58(82)86-46-22-10-6-2)62(54)70(75-66)77-68-56-40-28-36-52(32-16-20-44-60(84)88-48-24-12-8-4)64(56)72(79-68)80-71-63-51(35-27-39-55(63)67(76-69)78-71)31-15-19-43-59(83)87-47-23-11-7-3;/h25-28,33-40H,5-24,29-32,41-48H2,1-4H3;/q-2;+2. The molecule has 5 heterocycles. The van der Waals surface area contributed by atoms with E-state index >= 15 is 0 Å². The normalized spacial score (nSPS) is 11.6. The molecule has 0 spiro atoms. The van der Waals surface area contributed by atoms with Gasteiger partial charge in [-0.3, -0.25) is 19.2 Å². The van der Waals surface area contributed by atoms with Gasteiger partial charge >= 0.3 is 43.4 Å². The molecule has 4 aromatic carbocycles. The van der Waals surface area contributed by atoms with E-state index in [9.17, 15) is 19.2 Å². The van der Waals surface area contributed by atoms with Crippen molar-refractivity contribution in [1.82, 2.24) is 39.9 Å². The Morgan fingerprint density at radius 1 is 0.337 bits per heavy atom. The predicted octanol–water partition coefficient (Wildman–Crippen LogP) is 15.9. The third-order valence-corrected chi connectivity index (χ3v) is 16.5. The van der Waals surface area contributed by atoms with E-state index < -0.39 is 0 Å². The van der Waals surface area contributed by atoms with Crippen LogP contribution >= 0.6 is 0 Å². The minimum absolute atomic E-state index is 0. The molecular weight excluding hydrogens is 1170 g/mol. The van der Waals surface area contributed by atoms with E-state index in [2.05, 4.69) is 52.0 Å². The fraction of sp³-hybridized carbons (Fsp3) is 0.500. The van der Waals surface area contributed by atoms with Gasteiger partial charge in [0.05, 0.1) is 49.7 Å². The van der Waals surface area contributed by atoms with E-state index in [1.807, 2.05) is 48.5 Å². The van der Waals surface area contributed by atoms with Crippen LogP contribution in [0.15, 0.2) is 72.8 Å². The molecule has 16 nitrogen and oxygen atoms in total. The van der Waals surface area contributed by atoms with Crippen molar-refractivity contribution in [3.05, 3.63) is 95.1 Å². The Labute approximate surface area is 537 Å². The summed E-state index contributed by atoms with van der Waals surface area (Å²) in [7, 11) is 0. The van der Waals surface area contributed by atoms with Crippen molar-refractivity contribution in [3.63, 3.8) is 0 Å². The number of benzene rings is 4. The van der Waals surface area contributed by atoms with Crippen molar-refractivity contribution in [2.45, 2.75) is 207 Å². The van der Waals surface area contributed by atoms with Crippen LogP contribution in [0.25, 0.3) is 89.7 Å². The summed E-state index contributed by atoms with van der Waals surface area (Å²) in [5.41, 5.74) is 9.14. The van der Waals surface area contributed by atoms with Crippen molar-refractivity contribution >= 4 is 68.0 Å². The Morgan fingerprint density at radius 3 is 1.00 bits per heavy atom. The quantitative estimate of drug-likeness (QED) is 0.0155. The fourth-order valence-corrected chi connectivity index (χ4v) is 11.7. The van der Waals surface area contributed by atoms with Crippen LogP contribution in [0.4, 0.5) is 0 Å². The van der Waals surface area contributed by atoms with Gasteiger partial charge in [0.25, 0.3) is 0 Å². The Balaban J connectivity index is 0.0000102. The van der Waals surface area contributed by atoms with Gasteiger partial charge in [-0.1, -0.05) is 152 Å². The molecule has 0 unspecified atom stereocenters. The van der Waals surface area contributed by atoms with E-state index in [1.165, 1.54) is 0 Å². The van der Waals surface area contributed by atoms with Crippen molar-refractivity contribution < 1.29 is 57.6 Å². The minimum Gasteiger partial charge on any atom is -0.466 e. The minimum atomic E-state index is -0.178. The van der Waals surface area contributed by atoms with Crippen LogP contribution in [0, 0.1) is 0 Å². The molecule has 2 aliphatic rings. The first-order valence-electron chi connectivity index (χ1n) is 33.0. The Bertz CT molecular complexity index is 3690. The molecule has 0 N–H and O–H groups in total. The number of fused-ring (bicyclic) bond motifs is 20.